The van der Waals surface area contributed by atoms with Gasteiger partial charge in [-0.1, -0.05) is 18.5 Å². The minimum atomic E-state index is -4.36. The lowest BCUT2D eigenvalue weighted by atomic mass is 9.90. The van der Waals surface area contributed by atoms with Crippen LogP contribution in [0.15, 0.2) is 18.2 Å². The molecule has 7 heteroatoms. The van der Waals surface area contributed by atoms with Crippen molar-refractivity contribution >= 4 is 24.0 Å². The highest BCUT2D eigenvalue weighted by Crippen LogP contribution is 2.33. The Kier molecular flexibility index (Phi) is 5.95. The third kappa shape index (κ3) is 4.74. The van der Waals surface area contributed by atoms with Gasteiger partial charge in [0.05, 0.1) is 5.56 Å². The van der Waals surface area contributed by atoms with Crippen LogP contribution >= 0.6 is 24.0 Å². The fraction of sp³-hybridized carbons (Fsp3) is 0.571. The Morgan fingerprint density at radius 2 is 2.00 bits per heavy atom. The van der Waals surface area contributed by atoms with Crippen LogP contribution < -0.4 is 5.73 Å². The molecular weight excluding hydrogens is 324 g/mol. The van der Waals surface area contributed by atoms with Gasteiger partial charge < -0.3 is 5.73 Å². The van der Waals surface area contributed by atoms with Gasteiger partial charge in [-0.05, 0) is 48.7 Å². The molecule has 0 amide bonds. The van der Waals surface area contributed by atoms with Gasteiger partial charge >= 0.3 is 6.18 Å². The Hall–Kier alpha value is -0.490. The van der Waals surface area contributed by atoms with Crippen molar-refractivity contribution in [2.24, 2.45) is 11.1 Å². The van der Waals surface area contributed by atoms with Crippen molar-refractivity contribution < 1.29 is 13.2 Å². The molecule has 0 bridgehead atoms. The van der Waals surface area contributed by atoms with Gasteiger partial charge in [0, 0.05) is 18.1 Å². The molecular formula is C14H19Cl2F3N2. The van der Waals surface area contributed by atoms with E-state index in [0.717, 1.165) is 25.6 Å². The molecule has 2 nitrogen and oxygen atoms in total. The highest BCUT2D eigenvalue weighted by Gasteiger charge is 2.33. The van der Waals surface area contributed by atoms with E-state index >= 15 is 0 Å². The summed E-state index contributed by atoms with van der Waals surface area (Å²) in [5.74, 6) is 0. The summed E-state index contributed by atoms with van der Waals surface area (Å²) in [5, 5.41) is 0.121. The average molecular weight is 343 g/mol. The zero-order chi connectivity index (χ0) is 15.0. The Balaban J connectivity index is 0.00000220. The summed E-state index contributed by atoms with van der Waals surface area (Å²) in [6, 6.07) is 3.72. The van der Waals surface area contributed by atoms with E-state index in [4.69, 9.17) is 17.3 Å². The molecule has 1 fully saturated rings. The largest absolute Gasteiger partial charge is 0.416 e. The fourth-order valence-electron chi connectivity index (χ4n) is 2.59. The molecule has 1 heterocycles. The monoisotopic (exact) mass is 342 g/mol. The molecule has 2 N–H and O–H groups in total. The van der Waals surface area contributed by atoms with E-state index in [0.29, 0.717) is 18.7 Å². The second kappa shape index (κ2) is 6.73. The smallest absolute Gasteiger partial charge is 0.330 e. The van der Waals surface area contributed by atoms with Crippen molar-refractivity contribution in [3.8, 4) is 0 Å². The Bertz CT molecular complexity index is 494. The Labute approximate surface area is 133 Å². The molecule has 21 heavy (non-hydrogen) atoms. The third-order valence-electron chi connectivity index (χ3n) is 3.82. The molecule has 1 aliphatic rings. The minimum absolute atomic E-state index is 0. The summed E-state index contributed by atoms with van der Waals surface area (Å²) >= 11 is 5.79. The number of hydrogen-bond donors (Lipinski definition) is 1. The zero-order valence-corrected chi connectivity index (χ0v) is 13.3. The number of alkyl halides is 3. The van der Waals surface area contributed by atoms with Crippen molar-refractivity contribution in [2.75, 3.05) is 19.6 Å². The molecule has 1 atom stereocenters. The highest BCUT2D eigenvalue weighted by atomic mass is 35.5. The van der Waals surface area contributed by atoms with Gasteiger partial charge in [-0.15, -0.1) is 12.4 Å². The van der Waals surface area contributed by atoms with Gasteiger partial charge in [-0.2, -0.15) is 13.2 Å². The summed E-state index contributed by atoms with van der Waals surface area (Å²) in [5.41, 5.74) is 5.69. The molecule has 120 valence electrons. The van der Waals surface area contributed by atoms with Crippen molar-refractivity contribution in [3.63, 3.8) is 0 Å². The van der Waals surface area contributed by atoms with Gasteiger partial charge in [0.2, 0.25) is 0 Å². The van der Waals surface area contributed by atoms with Crippen LogP contribution in [0.4, 0.5) is 13.2 Å². The van der Waals surface area contributed by atoms with Crippen LogP contribution in [0.1, 0.15) is 24.5 Å². The molecule has 1 unspecified atom stereocenters. The number of rotatable bonds is 3. The Morgan fingerprint density at radius 3 is 2.52 bits per heavy atom. The number of nitrogens with zero attached hydrogens (tertiary/aromatic N) is 1. The van der Waals surface area contributed by atoms with Crippen molar-refractivity contribution in [3.05, 3.63) is 34.3 Å². The molecule has 0 radical (unpaired) electrons. The van der Waals surface area contributed by atoms with E-state index in [1.807, 2.05) is 0 Å². The van der Waals surface area contributed by atoms with E-state index < -0.39 is 11.7 Å². The first-order chi connectivity index (χ1) is 9.22. The van der Waals surface area contributed by atoms with Gasteiger partial charge in [0.15, 0.2) is 0 Å². The van der Waals surface area contributed by atoms with Crippen LogP contribution in [0.3, 0.4) is 0 Å². The first-order valence-corrected chi connectivity index (χ1v) is 6.89. The van der Waals surface area contributed by atoms with Crippen LogP contribution in [0.2, 0.25) is 5.02 Å². The van der Waals surface area contributed by atoms with Crippen molar-refractivity contribution in [2.45, 2.75) is 26.1 Å². The SMILES string of the molecule is CC1(CN)CCN(Cc2cc(Cl)cc(C(F)(F)F)c2)C1.Cl. The second-order valence-electron chi connectivity index (χ2n) is 5.82. The van der Waals surface area contributed by atoms with Crippen molar-refractivity contribution in [1.82, 2.24) is 4.90 Å². The van der Waals surface area contributed by atoms with Crippen LogP contribution in [-0.4, -0.2) is 24.5 Å². The molecule has 0 saturated carbocycles. The lowest BCUT2D eigenvalue weighted by Gasteiger charge is -2.23. The van der Waals surface area contributed by atoms with Crippen LogP contribution in [0, 0.1) is 5.41 Å². The third-order valence-corrected chi connectivity index (χ3v) is 4.04. The number of hydrogen-bond acceptors (Lipinski definition) is 2. The second-order valence-corrected chi connectivity index (χ2v) is 6.26. The molecule has 0 aromatic heterocycles. The Morgan fingerprint density at radius 1 is 1.33 bits per heavy atom. The van der Waals surface area contributed by atoms with Crippen LogP contribution in [0.25, 0.3) is 0 Å². The molecule has 1 aromatic carbocycles. The maximum absolute atomic E-state index is 12.8. The van der Waals surface area contributed by atoms with E-state index in [9.17, 15) is 13.2 Å². The maximum Gasteiger partial charge on any atom is 0.416 e. The molecule has 0 aliphatic carbocycles. The number of nitrogens with two attached hydrogens (primary N) is 1. The molecule has 1 aromatic rings. The normalized spacial score (nSPS) is 23.1. The quantitative estimate of drug-likeness (QED) is 0.900. The predicted molar refractivity (Wildman–Crippen MR) is 80.8 cm³/mol. The first-order valence-electron chi connectivity index (χ1n) is 6.51. The van der Waals surface area contributed by atoms with Crippen LogP contribution in [-0.2, 0) is 12.7 Å². The summed E-state index contributed by atoms with van der Waals surface area (Å²) in [6.07, 6.45) is -3.40. The van der Waals surface area contributed by atoms with E-state index in [1.54, 1.807) is 6.07 Å². The summed E-state index contributed by atoms with van der Waals surface area (Å²) in [7, 11) is 0. The summed E-state index contributed by atoms with van der Waals surface area (Å²) in [4.78, 5) is 2.12. The maximum atomic E-state index is 12.8. The van der Waals surface area contributed by atoms with E-state index in [1.165, 1.54) is 6.07 Å². The number of halogens is 5. The fourth-order valence-corrected chi connectivity index (χ4v) is 2.85. The average Bonchev–Trinajstić information content (AvgIpc) is 2.70. The first kappa shape index (κ1) is 18.6. The van der Waals surface area contributed by atoms with E-state index in [-0.39, 0.29) is 22.8 Å². The molecule has 2 rings (SSSR count). The lowest BCUT2D eigenvalue weighted by Crippen LogP contribution is -2.31. The summed E-state index contributed by atoms with van der Waals surface area (Å²) < 4.78 is 38.3. The van der Waals surface area contributed by atoms with Crippen molar-refractivity contribution in [1.29, 1.82) is 0 Å². The standard InChI is InChI=1S/C14H18ClF3N2.ClH/c1-13(8-19)2-3-20(9-13)7-10-4-11(14(16,17)18)6-12(15)5-10;/h4-6H,2-3,7-9,19H2,1H3;1H. The minimum Gasteiger partial charge on any atom is -0.330 e. The van der Waals surface area contributed by atoms with Gasteiger partial charge in [0.1, 0.15) is 0 Å². The topological polar surface area (TPSA) is 29.3 Å². The van der Waals surface area contributed by atoms with Crippen LogP contribution in [0.5, 0.6) is 0 Å². The van der Waals surface area contributed by atoms with Gasteiger partial charge in [-0.25, -0.2) is 0 Å². The molecule has 1 aliphatic heterocycles. The van der Waals surface area contributed by atoms with Gasteiger partial charge in [-0.3, -0.25) is 4.90 Å². The number of benzene rings is 1. The summed E-state index contributed by atoms with van der Waals surface area (Å²) in [6.45, 7) is 4.82. The predicted octanol–water partition coefficient (Wildman–Crippen LogP) is 3.95. The van der Waals surface area contributed by atoms with Gasteiger partial charge in [0.25, 0.3) is 0 Å². The molecule has 1 saturated heterocycles. The van der Waals surface area contributed by atoms with E-state index in [2.05, 4.69) is 11.8 Å². The highest BCUT2D eigenvalue weighted by molar-refractivity contribution is 6.30. The molecule has 0 spiro atoms. The lowest BCUT2D eigenvalue weighted by molar-refractivity contribution is -0.137. The zero-order valence-electron chi connectivity index (χ0n) is 11.7. The number of likely N-dealkylation sites (tertiary alicyclic amines) is 1.